The Balaban J connectivity index is 0.000000320. The van der Waals surface area contributed by atoms with Crippen molar-refractivity contribution in [1.82, 2.24) is 25.6 Å². The summed E-state index contributed by atoms with van der Waals surface area (Å²) in [5, 5.41) is 6.13. The highest BCUT2D eigenvalue weighted by Crippen LogP contribution is 2.58. The molecule has 4 aromatic carbocycles. The third-order valence-electron chi connectivity index (χ3n) is 11.0. The van der Waals surface area contributed by atoms with E-state index in [-0.39, 0.29) is 29.9 Å². The van der Waals surface area contributed by atoms with Gasteiger partial charge in [-0.25, -0.2) is 10.1 Å². The average molecular weight is 686 g/mol. The number of nitrogens with zero attached hydrogens (tertiary/aromatic N) is 3. The Bertz CT molecular complexity index is 2050. The zero-order valence-corrected chi connectivity index (χ0v) is 28.0. The highest BCUT2D eigenvalue weighted by atomic mass is 19.4. The maximum absolute atomic E-state index is 14.0. The number of alkyl halides is 3. The molecule has 3 fully saturated rings. The smallest absolute Gasteiger partial charge is 0.291 e. The third-order valence-corrected chi connectivity index (χ3v) is 11.0. The Morgan fingerprint density at radius 1 is 0.686 bits per heavy atom. The first-order chi connectivity index (χ1) is 24.8. The molecule has 9 heteroatoms. The van der Waals surface area contributed by atoms with Crippen LogP contribution in [-0.4, -0.2) is 33.4 Å². The molecule has 6 aromatic rings. The van der Waals surface area contributed by atoms with Gasteiger partial charge in [-0.05, 0) is 60.6 Å². The number of hydrazine groups is 1. The summed E-state index contributed by atoms with van der Waals surface area (Å²) in [7, 11) is 0. The number of rotatable bonds is 6. The van der Waals surface area contributed by atoms with Gasteiger partial charge < -0.3 is 0 Å². The minimum Gasteiger partial charge on any atom is -0.291 e. The van der Waals surface area contributed by atoms with E-state index in [1.165, 1.54) is 19.0 Å². The quantitative estimate of drug-likeness (QED) is 0.172. The van der Waals surface area contributed by atoms with E-state index in [2.05, 4.69) is 52.2 Å². The molecule has 0 atom stereocenters. The van der Waals surface area contributed by atoms with Gasteiger partial charge in [-0.1, -0.05) is 122 Å². The number of carbonyl (C=O) groups excluding carboxylic acids is 1. The fourth-order valence-electron chi connectivity index (χ4n) is 8.05. The fraction of sp³-hybridized carbons (Fsp3) is 0.262. The maximum Gasteiger partial charge on any atom is 0.399 e. The van der Waals surface area contributed by atoms with E-state index in [4.69, 9.17) is 5.10 Å². The standard InChI is InChI=1S/C35H26F3N3.C7H12N2O/c36-35(37,38)33(21-22-33)31-24-25(20-23-39-31)32-29-18-10-11-19-30(29)41(40-32)34(26-12-4-1-5-13-26,27-14-6-2-7-15-27)28-16-8-3-9-17-28;10-6-7(5-8-9-6)3-1-2-4-7/h1-20,23-24H,21-22H2;8H,1-5H2,(H,9,10). The van der Waals surface area contributed by atoms with Gasteiger partial charge in [0.25, 0.3) is 0 Å². The van der Waals surface area contributed by atoms with Crippen molar-refractivity contribution < 1.29 is 18.0 Å². The zero-order chi connectivity index (χ0) is 35.1. The Morgan fingerprint density at radius 2 is 1.24 bits per heavy atom. The van der Waals surface area contributed by atoms with E-state index >= 15 is 0 Å². The molecule has 51 heavy (non-hydrogen) atoms. The highest BCUT2D eigenvalue weighted by Gasteiger charge is 2.65. The van der Waals surface area contributed by atoms with E-state index < -0.39 is 17.1 Å². The Labute approximate surface area is 294 Å². The summed E-state index contributed by atoms with van der Waals surface area (Å²) in [6, 6.07) is 41.9. The highest BCUT2D eigenvalue weighted by molar-refractivity contribution is 5.94. The number of fused-ring (bicyclic) bond motifs is 1. The van der Waals surface area contributed by atoms with Crippen molar-refractivity contribution in [2.45, 2.75) is 55.7 Å². The van der Waals surface area contributed by atoms with Crippen LogP contribution >= 0.6 is 0 Å². The molecule has 0 bridgehead atoms. The molecule has 2 N–H and O–H groups in total. The SMILES string of the molecule is FC(F)(F)C1(c2cc(-c3nn(C(c4ccccc4)(c4ccccc4)c4ccccc4)c4ccccc34)ccn2)CC1.O=C1NNCC12CCCC2. The second kappa shape index (κ2) is 12.8. The number of halogens is 3. The topological polar surface area (TPSA) is 71.8 Å². The van der Waals surface area contributed by atoms with Crippen molar-refractivity contribution >= 4 is 16.8 Å². The molecule has 1 amide bonds. The lowest BCUT2D eigenvalue weighted by Crippen LogP contribution is -2.38. The van der Waals surface area contributed by atoms with E-state index in [0.717, 1.165) is 47.0 Å². The Kier molecular flexibility index (Phi) is 8.26. The predicted octanol–water partition coefficient (Wildman–Crippen LogP) is 8.71. The van der Waals surface area contributed by atoms with Crippen LogP contribution in [0.3, 0.4) is 0 Å². The van der Waals surface area contributed by atoms with Crippen LogP contribution in [0, 0.1) is 5.41 Å². The van der Waals surface area contributed by atoms with E-state index in [9.17, 15) is 18.0 Å². The number of benzene rings is 4. The van der Waals surface area contributed by atoms with E-state index in [1.807, 2.05) is 83.5 Å². The molecule has 258 valence electrons. The van der Waals surface area contributed by atoms with Crippen LogP contribution in [-0.2, 0) is 15.7 Å². The lowest BCUT2D eigenvalue weighted by molar-refractivity contribution is -0.161. The van der Waals surface area contributed by atoms with Gasteiger partial charge in [-0.15, -0.1) is 0 Å². The first-order valence-electron chi connectivity index (χ1n) is 17.5. The van der Waals surface area contributed by atoms with E-state index in [1.54, 1.807) is 12.1 Å². The molecule has 3 aliphatic rings. The first kappa shape index (κ1) is 32.9. The van der Waals surface area contributed by atoms with Gasteiger partial charge in [0, 0.05) is 23.7 Å². The van der Waals surface area contributed by atoms with Crippen LogP contribution < -0.4 is 10.9 Å². The number of hydrogen-bond acceptors (Lipinski definition) is 4. The van der Waals surface area contributed by atoms with Crippen LogP contribution in [0.15, 0.2) is 134 Å². The summed E-state index contributed by atoms with van der Waals surface area (Å²) >= 11 is 0. The summed E-state index contributed by atoms with van der Waals surface area (Å²) in [5.74, 6) is 0.213. The molecule has 9 rings (SSSR count). The van der Waals surface area contributed by atoms with Crippen LogP contribution in [0.1, 0.15) is 60.9 Å². The number of aromatic nitrogens is 3. The first-order valence-corrected chi connectivity index (χ1v) is 17.5. The molecule has 6 nitrogen and oxygen atoms in total. The number of amides is 1. The number of hydrogen-bond donors (Lipinski definition) is 2. The summed E-state index contributed by atoms with van der Waals surface area (Å²) in [5.41, 5.74) is 8.03. The largest absolute Gasteiger partial charge is 0.399 e. The molecule has 0 radical (unpaired) electrons. The van der Waals surface area contributed by atoms with Crippen molar-refractivity contribution in [3.05, 3.63) is 156 Å². The summed E-state index contributed by atoms with van der Waals surface area (Å²) in [6.45, 7) is 0.839. The number of nitrogens with one attached hydrogen (secondary N) is 2. The molecule has 3 heterocycles. The van der Waals surface area contributed by atoms with Gasteiger partial charge in [0.15, 0.2) is 0 Å². The Hall–Kier alpha value is -5.28. The average Bonchev–Trinajstić information content (AvgIpc) is 3.53. The summed E-state index contributed by atoms with van der Waals surface area (Å²) in [6.07, 6.45) is 1.83. The second-order valence-electron chi connectivity index (χ2n) is 13.9. The molecule has 2 saturated carbocycles. The fourth-order valence-corrected chi connectivity index (χ4v) is 8.05. The van der Waals surface area contributed by atoms with Gasteiger partial charge in [0.2, 0.25) is 5.91 Å². The molecular formula is C42H38F3N5O. The number of para-hydroxylation sites is 1. The number of pyridine rings is 1. The van der Waals surface area contributed by atoms with Crippen LogP contribution in [0.5, 0.6) is 0 Å². The Morgan fingerprint density at radius 3 is 1.75 bits per heavy atom. The number of carbonyl (C=O) groups is 1. The molecule has 0 unspecified atom stereocenters. The van der Waals surface area contributed by atoms with Crippen molar-refractivity contribution in [2.75, 3.05) is 6.54 Å². The van der Waals surface area contributed by atoms with Gasteiger partial charge in [0.1, 0.15) is 16.6 Å². The van der Waals surface area contributed by atoms with Crippen molar-refractivity contribution in [1.29, 1.82) is 0 Å². The van der Waals surface area contributed by atoms with Crippen molar-refractivity contribution in [3.8, 4) is 11.3 Å². The van der Waals surface area contributed by atoms with Crippen LogP contribution in [0.2, 0.25) is 0 Å². The summed E-state index contributed by atoms with van der Waals surface area (Å²) < 4.78 is 44.1. The van der Waals surface area contributed by atoms with Gasteiger partial charge in [0.05, 0.1) is 16.6 Å². The lowest BCUT2D eigenvalue weighted by Gasteiger charge is -2.37. The molecule has 1 spiro atoms. The normalized spacial score (nSPS) is 17.6. The van der Waals surface area contributed by atoms with Crippen molar-refractivity contribution in [3.63, 3.8) is 0 Å². The third kappa shape index (κ3) is 5.51. The van der Waals surface area contributed by atoms with Crippen molar-refractivity contribution in [2.24, 2.45) is 5.41 Å². The minimum absolute atomic E-state index is 0.0139. The van der Waals surface area contributed by atoms with Crippen LogP contribution in [0.4, 0.5) is 13.2 Å². The monoisotopic (exact) mass is 685 g/mol. The maximum atomic E-state index is 14.0. The van der Waals surface area contributed by atoms with Crippen LogP contribution in [0.25, 0.3) is 22.2 Å². The molecule has 2 aromatic heterocycles. The minimum atomic E-state index is -4.34. The van der Waals surface area contributed by atoms with Gasteiger partial charge in [-0.2, -0.15) is 18.3 Å². The lowest BCUT2D eigenvalue weighted by atomic mass is 9.77. The molecule has 2 aliphatic carbocycles. The molecule has 1 aliphatic heterocycles. The molecule has 1 saturated heterocycles. The van der Waals surface area contributed by atoms with E-state index in [0.29, 0.717) is 11.3 Å². The predicted molar refractivity (Wildman–Crippen MR) is 192 cm³/mol. The van der Waals surface area contributed by atoms with Gasteiger partial charge in [-0.3, -0.25) is 15.2 Å². The summed E-state index contributed by atoms with van der Waals surface area (Å²) in [4.78, 5) is 15.4. The van der Waals surface area contributed by atoms with Gasteiger partial charge >= 0.3 is 6.18 Å². The second-order valence-corrected chi connectivity index (χ2v) is 13.9. The zero-order valence-electron chi connectivity index (χ0n) is 28.0. The molecular weight excluding hydrogens is 647 g/mol.